The highest BCUT2D eigenvalue weighted by atomic mass is 16.5. The number of aromatic amines is 1. The normalized spacial score (nSPS) is 11.1. The number of ether oxygens (including phenoxy) is 1. The number of para-hydroxylation sites is 1. The third-order valence-corrected chi connectivity index (χ3v) is 5.33. The summed E-state index contributed by atoms with van der Waals surface area (Å²) in [6, 6.07) is 26.4. The summed E-state index contributed by atoms with van der Waals surface area (Å²) in [4.78, 5) is 3.27. The van der Waals surface area contributed by atoms with E-state index < -0.39 is 0 Å². The average Bonchev–Trinajstić information content (AvgIpc) is 3.42. The van der Waals surface area contributed by atoms with Crippen LogP contribution in [0.2, 0.25) is 0 Å². The molecule has 5 rings (SSSR count). The molecule has 0 radical (unpaired) electrons. The number of benzene rings is 3. The highest BCUT2D eigenvalue weighted by Crippen LogP contribution is 2.27. The van der Waals surface area contributed by atoms with Gasteiger partial charge in [0.25, 0.3) is 0 Å². The van der Waals surface area contributed by atoms with Crippen molar-refractivity contribution in [3.05, 3.63) is 102 Å². The summed E-state index contributed by atoms with van der Waals surface area (Å²) in [5.74, 6) is 1.64. The number of aromatic nitrogens is 3. The van der Waals surface area contributed by atoms with Gasteiger partial charge < -0.3 is 15.0 Å². The van der Waals surface area contributed by atoms with Crippen LogP contribution in [0.4, 0.5) is 0 Å². The van der Waals surface area contributed by atoms with Gasteiger partial charge in [0.2, 0.25) is 0 Å². The molecule has 0 bridgehead atoms. The Morgan fingerprint density at radius 3 is 2.45 bits per heavy atom. The number of H-pyrrole nitrogens is 1. The van der Waals surface area contributed by atoms with E-state index in [0.717, 1.165) is 35.8 Å². The number of rotatable bonds is 7. The minimum atomic E-state index is 0.742. The SMILES string of the molecule is Cn1cc(CNCc2cccc3[nH]ccc23)c(-c2ccc(Oc3ccccc3)cc2)n1. The van der Waals surface area contributed by atoms with Crippen LogP contribution in [0.15, 0.2) is 91.3 Å². The summed E-state index contributed by atoms with van der Waals surface area (Å²) in [5.41, 5.74) is 5.68. The summed E-state index contributed by atoms with van der Waals surface area (Å²) in [6.07, 6.45) is 4.06. The maximum absolute atomic E-state index is 5.91. The lowest BCUT2D eigenvalue weighted by Crippen LogP contribution is -2.13. The number of nitrogens with one attached hydrogen (secondary N) is 2. The smallest absolute Gasteiger partial charge is 0.127 e. The number of aryl methyl sites for hydroxylation is 1. The first-order valence-electron chi connectivity index (χ1n) is 10.4. The molecule has 0 aliphatic rings. The van der Waals surface area contributed by atoms with Gasteiger partial charge in [-0.25, -0.2) is 0 Å². The molecule has 154 valence electrons. The van der Waals surface area contributed by atoms with Gasteiger partial charge in [-0.15, -0.1) is 0 Å². The lowest BCUT2D eigenvalue weighted by atomic mass is 10.1. The van der Waals surface area contributed by atoms with Gasteiger partial charge in [0.15, 0.2) is 0 Å². The summed E-state index contributed by atoms with van der Waals surface area (Å²) >= 11 is 0. The van der Waals surface area contributed by atoms with Gasteiger partial charge in [-0.2, -0.15) is 5.10 Å². The van der Waals surface area contributed by atoms with Crippen LogP contribution in [0.1, 0.15) is 11.1 Å². The van der Waals surface area contributed by atoms with Crippen molar-refractivity contribution in [2.45, 2.75) is 13.1 Å². The second-order valence-electron chi connectivity index (χ2n) is 7.58. The Hall–Kier alpha value is -3.83. The lowest BCUT2D eigenvalue weighted by Gasteiger charge is -2.08. The van der Waals surface area contributed by atoms with Crippen molar-refractivity contribution in [2.24, 2.45) is 7.05 Å². The highest BCUT2D eigenvalue weighted by molar-refractivity contribution is 5.82. The van der Waals surface area contributed by atoms with E-state index >= 15 is 0 Å². The van der Waals surface area contributed by atoms with E-state index in [4.69, 9.17) is 9.84 Å². The zero-order valence-corrected chi connectivity index (χ0v) is 17.4. The standard InChI is InChI=1S/C26H24N4O/c1-30-18-21(17-27-16-20-6-5-9-25-24(20)14-15-28-25)26(29-30)19-10-12-23(13-11-19)31-22-7-3-2-4-8-22/h2-15,18,27-28H,16-17H2,1H3. The molecule has 2 heterocycles. The molecule has 0 atom stereocenters. The van der Waals surface area contributed by atoms with E-state index in [-0.39, 0.29) is 0 Å². The molecule has 0 aliphatic heterocycles. The van der Waals surface area contributed by atoms with Crippen molar-refractivity contribution in [2.75, 3.05) is 0 Å². The first kappa shape index (κ1) is 19.2. The molecule has 0 amide bonds. The van der Waals surface area contributed by atoms with E-state index in [1.807, 2.05) is 60.4 Å². The molecule has 2 N–H and O–H groups in total. The number of hydrogen-bond donors (Lipinski definition) is 2. The minimum Gasteiger partial charge on any atom is -0.457 e. The van der Waals surface area contributed by atoms with Crippen molar-refractivity contribution in [3.63, 3.8) is 0 Å². The first-order valence-corrected chi connectivity index (χ1v) is 10.4. The van der Waals surface area contributed by atoms with Crippen LogP contribution in [-0.4, -0.2) is 14.8 Å². The average molecular weight is 409 g/mol. The van der Waals surface area contributed by atoms with Crippen molar-refractivity contribution in [1.82, 2.24) is 20.1 Å². The maximum atomic E-state index is 5.91. The quantitative estimate of drug-likeness (QED) is 0.366. The summed E-state index contributed by atoms with van der Waals surface area (Å²) in [6.45, 7) is 1.54. The van der Waals surface area contributed by atoms with Gasteiger partial charge in [0.05, 0.1) is 5.69 Å². The fourth-order valence-corrected chi connectivity index (χ4v) is 3.85. The topological polar surface area (TPSA) is 54.9 Å². The third kappa shape index (κ3) is 4.22. The molecular weight excluding hydrogens is 384 g/mol. The second kappa shape index (κ2) is 8.50. The van der Waals surface area contributed by atoms with E-state index in [0.29, 0.717) is 0 Å². The molecule has 0 spiro atoms. The van der Waals surface area contributed by atoms with Crippen LogP contribution in [0.25, 0.3) is 22.2 Å². The van der Waals surface area contributed by atoms with Crippen molar-refractivity contribution in [3.8, 4) is 22.8 Å². The lowest BCUT2D eigenvalue weighted by molar-refractivity contribution is 0.483. The van der Waals surface area contributed by atoms with E-state index in [1.165, 1.54) is 22.0 Å². The Morgan fingerprint density at radius 1 is 0.839 bits per heavy atom. The molecule has 0 fully saturated rings. The molecule has 0 unspecified atom stereocenters. The Morgan fingerprint density at radius 2 is 1.61 bits per heavy atom. The molecule has 31 heavy (non-hydrogen) atoms. The maximum Gasteiger partial charge on any atom is 0.127 e. The molecule has 5 nitrogen and oxygen atoms in total. The van der Waals surface area contributed by atoms with E-state index in [1.54, 1.807) is 0 Å². The predicted octanol–water partition coefficient (Wildman–Crippen LogP) is 5.65. The largest absolute Gasteiger partial charge is 0.457 e. The Bertz CT molecular complexity index is 1290. The second-order valence-corrected chi connectivity index (χ2v) is 7.58. The van der Waals surface area contributed by atoms with Crippen LogP contribution >= 0.6 is 0 Å². The van der Waals surface area contributed by atoms with Gasteiger partial charge in [0.1, 0.15) is 11.5 Å². The first-order chi connectivity index (χ1) is 15.3. The summed E-state index contributed by atoms with van der Waals surface area (Å²) in [5, 5.41) is 9.53. The molecule has 5 heteroatoms. The van der Waals surface area contributed by atoms with Gasteiger partial charge in [-0.05, 0) is 54.1 Å². The highest BCUT2D eigenvalue weighted by Gasteiger charge is 2.11. The Balaban J connectivity index is 1.29. The molecule has 0 aliphatic carbocycles. The molecular formula is C26H24N4O. The van der Waals surface area contributed by atoms with Crippen LogP contribution in [0.3, 0.4) is 0 Å². The van der Waals surface area contributed by atoms with Gasteiger partial charge in [-0.1, -0.05) is 30.3 Å². The van der Waals surface area contributed by atoms with Crippen LogP contribution < -0.4 is 10.1 Å². The number of nitrogens with zero attached hydrogens (tertiary/aromatic N) is 2. The molecule has 2 aromatic heterocycles. The molecule has 0 saturated carbocycles. The van der Waals surface area contributed by atoms with Crippen LogP contribution in [0, 0.1) is 0 Å². The third-order valence-electron chi connectivity index (χ3n) is 5.33. The van der Waals surface area contributed by atoms with Crippen molar-refractivity contribution in [1.29, 1.82) is 0 Å². The van der Waals surface area contributed by atoms with Gasteiger partial charge in [-0.3, -0.25) is 4.68 Å². The molecule has 3 aromatic carbocycles. The van der Waals surface area contributed by atoms with Crippen LogP contribution in [0.5, 0.6) is 11.5 Å². The zero-order chi connectivity index (χ0) is 21.0. The predicted molar refractivity (Wildman–Crippen MR) is 124 cm³/mol. The summed E-state index contributed by atoms with van der Waals surface area (Å²) in [7, 11) is 1.96. The number of fused-ring (bicyclic) bond motifs is 1. The molecule has 5 aromatic rings. The monoisotopic (exact) mass is 408 g/mol. The Kier molecular flexibility index (Phi) is 5.25. The fourth-order valence-electron chi connectivity index (χ4n) is 3.85. The van der Waals surface area contributed by atoms with Crippen molar-refractivity contribution < 1.29 is 4.74 Å². The van der Waals surface area contributed by atoms with E-state index in [2.05, 4.69) is 52.9 Å². The number of hydrogen-bond acceptors (Lipinski definition) is 3. The van der Waals surface area contributed by atoms with Crippen molar-refractivity contribution >= 4 is 10.9 Å². The van der Waals surface area contributed by atoms with Crippen LogP contribution in [-0.2, 0) is 20.1 Å². The Labute approximate surface area is 181 Å². The minimum absolute atomic E-state index is 0.742. The van der Waals surface area contributed by atoms with Gasteiger partial charge in [0, 0.05) is 54.6 Å². The molecule has 0 saturated heterocycles. The fraction of sp³-hybridized carbons (Fsp3) is 0.115. The van der Waals surface area contributed by atoms with E-state index in [9.17, 15) is 0 Å². The van der Waals surface area contributed by atoms with Gasteiger partial charge >= 0.3 is 0 Å². The zero-order valence-electron chi connectivity index (χ0n) is 17.4. The summed E-state index contributed by atoms with van der Waals surface area (Å²) < 4.78 is 7.78.